The van der Waals surface area contributed by atoms with Crippen LogP contribution in [0.25, 0.3) is 0 Å². The number of benzene rings is 1. The van der Waals surface area contributed by atoms with Gasteiger partial charge in [-0.15, -0.1) is 0 Å². The van der Waals surface area contributed by atoms with Crippen molar-refractivity contribution in [2.45, 2.75) is 49.2 Å². The molecule has 0 radical (unpaired) electrons. The molecule has 1 aliphatic rings. The van der Waals surface area contributed by atoms with Crippen molar-refractivity contribution in [1.82, 2.24) is 0 Å². The van der Waals surface area contributed by atoms with Crippen LogP contribution in [0.2, 0.25) is 5.02 Å². The summed E-state index contributed by atoms with van der Waals surface area (Å²) in [5, 5.41) is 9.79. The van der Waals surface area contributed by atoms with E-state index in [2.05, 4.69) is 13.0 Å². The topological polar surface area (TPSA) is 40.9 Å². The van der Waals surface area contributed by atoms with E-state index in [-0.39, 0.29) is 11.2 Å². The Labute approximate surface area is 128 Å². The summed E-state index contributed by atoms with van der Waals surface area (Å²) in [6.07, 6.45) is 5.13. The lowest BCUT2D eigenvalue weighted by Gasteiger charge is -2.32. The van der Waals surface area contributed by atoms with E-state index in [1.54, 1.807) is 6.07 Å². The van der Waals surface area contributed by atoms with Gasteiger partial charge in [0, 0.05) is 0 Å². The molecule has 1 saturated carbocycles. The Morgan fingerprint density at radius 2 is 2.15 bits per heavy atom. The van der Waals surface area contributed by atoms with E-state index >= 15 is 0 Å². The second-order valence-electron chi connectivity index (χ2n) is 5.47. The Morgan fingerprint density at radius 1 is 1.40 bits per heavy atom. The first kappa shape index (κ1) is 15.5. The highest BCUT2D eigenvalue weighted by Gasteiger charge is 2.35. The zero-order valence-electron chi connectivity index (χ0n) is 11.7. The lowest BCUT2D eigenvalue weighted by atomic mass is 9.80. The molecule has 0 bridgehead atoms. The highest BCUT2D eigenvalue weighted by atomic mass is 35.5. The molecule has 4 heteroatoms. The van der Waals surface area contributed by atoms with Gasteiger partial charge in [-0.3, -0.25) is 4.21 Å². The van der Waals surface area contributed by atoms with Crippen molar-refractivity contribution < 1.29 is 4.21 Å². The maximum absolute atomic E-state index is 12.8. The molecule has 108 valence electrons. The fourth-order valence-corrected chi connectivity index (χ4v) is 5.14. The molecule has 2 nitrogen and oxygen atoms in total. The van der Waals surface area contributed by atoms with Crippen molar-refractivity contribution in [2.24, 2.45) is 11.8 Å². The van der Waals surface area contributed by atoms with Crippen LogP contribution in [0.15, 0.2) is 29.2 Å². The number of rotatable bonds is 4. The predicted molar refractivity (Wildman–Crippen MR) is 83.0 cm³/mol. The van der Waals surface area contributed by atoms with Gasteiger partial charge in [-0.05, 0) is 37.3 Å². The largest absolute Gasteiger partial charge is 0.254 e. The van der Waals surface area contributed by atoms with Crippen LogP contribution in [0.3, 0.4) is 0 Å². The minimum atomic E-state index is -1.19. The van der Waals surface area contributed by atoms with Gasteiger partial charge in [0.05, 0.1) is 38.0 Å². The molecule has 0 saturated heterocycles. The molecule has 0 spiro atoms. The first-order valence-corrected chi connectivity index (χ1v) is 8.81. The van der Waals surface area contributed by atoms with E-state index in [1.165, 1.54) is 0 Å². The Balaban J connectivity index is 2.21. The summed E-state index contributed by atoms with van der Waals surface area (Å²) in [6, 6.07) is 9.63. The minimum Gasteiger partial charge on any atom is -0.254 e. The lowest BCUT2D eigenvalue weighted by Crippen LogP contribution is -2.32. The van der Waals surface area contributed by atoms with E-state index in [0.717, 1.165) is 32.1 Å². The first-order valence-electron chi connectivity index (χ1n) is 7.22. The summed E-state index contributed by atoms with van der Waals surface area (Å²) < 4.78 is 12.8. The second-order valence-corrected chi connectivity index (χ2v) is 7.52. The van der Waals surface area contributed by atoms with Crippen LogP contribution in [-0.2, 0) is 10.8 Å². The Hall–Kier alpha value is -0.850. The minimum absolute atomic E-state index is 0.0785. The van der Waals surface area contributed by atoms with Crippen LogP contribution in [-0.4, -0.2) is 9.46 Å². The third kappa shape index (κ3) is 3.42. The number of nitrogens with zero attached hydrogens (tertiary/aromatic N) is 1. The summed E-state index contributed by atoms with van der Waals surface area (Å²) in [5.74, 6) is 0.487. The second kappa shape index (κ2) is 7.24. The van der Waals surface area contributed by atoms with Crippen molar-refractivity contribution in [1.29, 1.82) is 5.26 Å². The number of halogens is 1. The number of nitriles is 1. The summed E-state index contributed by atoms with van der Waals surface area (Å²) in [4.78, 5) is 0.677. The van der Waals surface area contributed by atoms with E-state index in [9.17, 15) is 9.47 Å². The molecule has 0 aromatic heterocycles. The maximum Gasteiger partial charge on any atom is 0.0668 e. The van der Waals surface area contributed by atoms with Crippen LogP contribution in [0.1, 0.15) is 39.0 Å². The van der Waals surface area contributed by atoms with Gasteiger partial charge >= 0.3 is 0 Å². The van der Waals surface area contributed by atoms with Crippen molar-refractivity contribution in [3.8, 4) is 6.07 Å². The van der Waals surface area contributed by atoms with Gasteiger partial charge in [0.2, 0.25) is 0 Å². The lowest BCUT2D eigenvalue weighted by molar-refractivity contribution is 0.303. The average Bonchev–Trinajstić information content (AvgIpc) is 2.47. The smallest absolute Gasteiger partial charge is 0.0668 e. The van der Waals surface area contributed by atoms with Crippen molar-refractivity contribution in [3.05, 3.63) is 29.3 Å². The van der Waals surface area contributed by atoms with Gasteiger partial charge in [0.25, 0.3) is 0 Å². The third-order valence-corrected chi connectivity index (χ3v) is 6.39. The Morgan fingerprint density at radius 3 is 2.80 bits per heavy atom. The van der Waals surface area contributed by atoms with Gasteiger partial charge in [-0.1, -0.05) is 43.5 Å². The van der Waals surface area contributed by atoms with E-state index in [1.807, 2.05) is 18.2 Å². The predicted octanol–water partition coefficient (Wildman–Crippen LogP) is 4.56. The zero-order chi connectivity index (χ0) is 14.5. The van der Waals surface area contributed by atoms with Crippen LogP contribution >= 0.6 is 11.6 Å². The Kier molecular flexibility index (Phi) is 5.63. The van der Waals surface area contributed by atoms with Gasteiger partial charge in [-0.25, -0.2) is 0 Å². The van der Waals surface area contributed by atoms with Crippen LogP contribution in [0.5, 0.6) is 0 Å². The molecule has 4 unspecified atom stereocenters. The molecular weight excluding hydrogens is 290 g/mol. The van der Waals surface area contributed by atoms with Crippen LogP contribution < -0.4 is 0 Å². The normalized spacial score (nSPS) is 27.8. The summed E-state index contributed by atoms with van der Waals surface area (Å²) in [7, 11) is -1.19. The SMILES string of the molecule is CCCC1CCC(C#N)C(S(=O)c2ccccc2Cl)C1. The van der Waals surface area contributed by atoms with Gasteiger partial charge in [0.15, 0.2) is 0 Å². The molecule has 1 fully saturated rings. The highest BCUT2D eigenvalue weighted by molar-refractivity contribution is 7.85. The van der Waals surface area contributed by atoms with Crippen molar-refractivity contribution in [2.75, 3.05) is 0 Å². The van der Waals surface area contributed by atoms with Crippen molar-refractivity contribution >= 4 is 22.4 Å². The summed E-state index contributed by atoms with van der Waals surface area (Å²) in [6.45, 7) is 2.18. The highest BCUT2D eigenvalue weighted by Crippen LogP contribution is 2.37. The molecule has 2 rings (SSSR count). The Bertz CT molecular complexity index is 525. The molecule has 0 heterocycles. The molecule has 0 aliphatic heterocycles. The molecule has 4 atom stereocenters. The fraction of sp³-hybridized carbons (Fsp3) is 0.562. The third-order valence-electron chi connectivity index (χ3n) is 4.09. The maximum atomic E-state index is 12.8. The monoisotopic (exact) mass is 309 g/mol. The summed E-state index contributed by atoms with van der Waals surface area (Å²) in [5.41, 5.74) is 0. The molecule has 20 heavy (non-hydrogen) atoms. The van der Waals surface area contributed by atoms with Crippen LogP contribution in [0, 0.1) is 23.2 Å². The molecular formula is C16H20ClNOS. The van der Waals surface area contributed by atoms with Gasteiger partial charge in [-0.2, -0.15) is 5.26 Å². The van der Waals surface area contributed by atoms with Gasteiger partial charge < -0.3 is 0 Å². The van der Waals surface area contributed by atoms with E-state index in [4.69, 9.17) is 11.6 Å². The standard InChI is InChI=1S/C16H20ClNOS/c1-2-5-12-8-9-13(11-18)16(10-12)20(19)15-7-4-3-6-14(15)17/h3-4,6-7,12-13,16H,2,5,8-10H2,1H3. The van der Waals surface area contributed by atoms with Crippen molar-refractivity contribution in [3.63, 3.8) is 0 Å². The quantitative estimate of drug-likeness (QED) is 0.818. The molecule has 0 amide bonds. The number of hydrogen-bond donors (Lipinski definition) is 0. The number of hydrogen-bond acceptors (Lipinski definition) is 2. The summed E-state index contributed by atoms with van der Waals surface area (Å²) >= 11 is 6.15. The van der Waals surface area contributed by atoms with E-state index < -0.39 is 10.8 Å². The molecule has 1 aliphatic carbocycles. The molecule has 0 N–H and O–H groups in total. The average molecular weight is 310 g/mol. The van der Waals surface area contributed by atoms with E-state index in [0.29, 0.717) is 15.8 Å². The fourth-order valence-electron chi connectivity index (χ4n) is 3.04. The van der Waals surface area contributed by atoms with Crippen LogP contribution in [0.4, 0.5) is 0 Å². The first-order chi connectivity index (χ1) is 9.67. The van der Waals surface area contributed by atoms with Gasteiger partial charge in [0.1, 0.15) is 0 Å². The zero-order valence-corrected chi connectivity index (χ0v) is 13.3. The molecule has 1 aromatic rings. The molecule has 1 aromatic carbocycles.